The fraction of sp³-hybridized carbons (Fsp3) is 0.231. The van der Waals surface area contributed by atoms with Crippen molar-refractivity contribution in [3.8, 4) is 0 Å². The van der Waals surface area contributed by atoms with E-state index in [-0.39, 0.29) is 11.5 Å². The number of rotatable bonds is 5. The molecule has 0 saturated carbocycles. The third-order valence-corrected chi connectivity index (χ3v) is 3.64. The first-order chi connectivity index (χ1) is 8.58. The van der Waals surface area contributed by atoms with E-state index in [1.807, 2.05) is 17.5 Å². The summed E-state index contributed by atoms with van der Waals surface area (Å²) >= 11 is 1.64. The van der Waals surface area contributed by atoms with E-state index in [9.17, 15) is 9.59 Å². The third kappa shape index (κ3) is 2.68. The molecule has 0 atom stereocenters. The van der Waals surface area contributed by atoms with Crippen LogP contribution in [0.1, 0.15) is 32.6 Å². The minimum atomic E-state index is -1.01. The first kappa shape index (κ1) is 12.6. The zero-order chi connectivity index (χ0) is 13.1. The second-order valence-corrected chi connectivity index (χ2v) is 5.03. The first-order valence-corrected chi connectivity index (χ1v) is 6.42. The van der Waals surface area contributed by atoms with E-state index in [0.29, 0.717) is 12.1 Å². The third-order valence-electron chi connectivity index (χ3n) is 2.70. The van der Waals surface area contributed by atoms with Crippen LogP contribution in [0.15, 0.2) is 29.8 Å². The Hall–Kier alpha value is -1.88. The van der Waals surface area contributed by atoms with Crippen molar-refractivity contribution in [3.63, 3.8) is 0 Å². The van der Waals surface area contributed by atoms with Gasteiger partial charge in [-0.25, -0.2) is 4.79 Å². The standard InChI is InChI=1S/C13H13NO3S/c1-9(15)10-7-12(13(16)17)14(8-10)5-4-11-3-2-6-18-11/h2-3,6-8H,4-5H2,1H3,(H,16,17). The molecule has 0 radical (unpaired) electrons. The van der Waals surface area contributed by atoms with Crippen molar-refractivity contribution >= 4 is 23.1 Å². The van der Waals surface area contributed by atoms with Crippen LogP contribution in [0.5, 0.6) is 0 Å². The van der Waals surface area contributed by atoms with Gasteiger partial charge < -0.3 is 9.67 Å². The zero-order valence-corrected chi connectivity index (χ0v) is 10.7. The van der Waals surface area contributed by atoms with E-state index in [4.69, 9.17) is 5.11 Å². The lowest BCUT2D eigenvalue weighted by Gasteiger charge is -2.04. The number of ketones is 1. The number of hydrogen-bond donors (Lipinski definition) is 1. The number of aryl methyl sites for hydroxylation is 2. The van der Waals surface area contributed by atoms with E-state index in [0.717, 1.165) is 6.42 Å². The Balaban J connectivity index is 2.20. The number of carbonyl (C=O) groups is 2. The number of carbonyl (C=O) groups excluding carboxylic acids is 1. The van der Waals surface area contributed by atoms with Gasteiger partial charge in [-0.2, -0.15) is 0 Å². The van der Waals surface area contributed by atoms with Gasteiger partial charge in [-0.15, -0.1) is 11.3 Å². The molecule has 0 aliphatic rings. The Morgan fingerprint density at radius 3 is 2.78 bits per heavy atom. The fourth-order valence-corrected chi connectivity index (χ4v) is 2.45. The van der Waals surface area contributed by atoms with Crippen LogP contribution in [-0.2, 0) is 13.0 Å². The average molecular weight is 263 g/mol. The van der Waals surface area contributed by atoms with Gasteiger partial charge in [0.05, 0.1) is 0 Å². The zero-order valence-electron chi connectivity index (χ0n) is 9.92. The molecule has 2 aromatic rings. The predicted octanol–water partition coefficient (Wildman–Crippen LogP) is 2.69. The molecule has 0 saturated heterocycles. The number of aromatic nitrogens is 1. The number of hydrogen-bond acceptors (Lipinski definition) is 3. The van der Waals surface area contributed by atoms with Gasteiger partial charge in [-0.3, -0.25) is 4.79 Å². The van der Waals surface area contributed by atoms with Crippen LogP contribution in [0.2, 0.25) is 0 Å². The van der Waals surface area contributed by atoms with Crippen LogP contribution in [0.4, 0.5) is 0 Å². The number of aromatic carboxylic acids is 1. The van der Waals surface area contributed by atoms with Gasteiger partial charge >= 0.3 is 5.97 Å². The maximum Gasteiger partial charge on any atom is 0.352 e. The molecule has 1 N–H and O–H groups in total. The van der Waals surface area contributed by atoms with Crippen LogP contribution in [-0.4, -0.2) is 21.4 Å². The van der Waals surface area contributed by atoms with Crippen molar-refractivity contribution in [3.05, 3.63) is 45.9 Å². The highest BCUT2D eigenvalue weighted by Gasteiger charge is 2.14. The lowest BCUT2D eigenvalue weighted by Crippen LogP contribution is -2.08. The van der Waals surface area contributed by atoms with Crippen molar-refractivity contribution in [2.24, 2.45) is 0 Å². The molecular weight excluding hydrogens is 250 g/mol. The van der Waals surface area contributed by atoms with E-state index in [1.54, 1.807) is 22.1 Å². The summed E-state index contributed by atoms with van der Waals surface area (Å²) in [4.78, 5) is 23.6. The quantitative estimate of drug-likeness (QED) is 0.844. The number of nitrogens with zero attached hydrogens (tertiary/aromatic N) is 1. The van der Waals surface area contributed by atoms with Crippen molar-refractivity contribution in [1.82, 2.24) is 4.57 Å². The van der Waals surface area contributed by atoms with Crippen LogP contribution < -0.4 is 0 Å². The Labute approximate surface area is 108 Å². The van der Waals surface area contributed by atoms with Gasteiger partial charge in [0.15, 0.2) is 5.78 Å². The summed E-state index contributed by atoms with van der Waals surface area (Å²) < 4.78 is 1.62. The minimum absolute atomic E-state index is 0.118. The summed E-state index contributed by atoms with van der Waals surface area (Å²) in [5.41, 5.74) is 0.607. The number of carboxylic acid groups (broad SMARTS) is 1. The van der Waals surface area contributed by atoms with Crippen molar-refractivity contribution in [2.45, 2.75) is 19.9 Å². The molecule has 0 amide bonds. The molecule has 2 heterocycles. The van der Waals surface area contributed by atoms with Crippen molar-refractivity contribution < 1.29 is 14.7 Å². The topological polar surface area (TPSA) is 59.3 Å². The minimum Gasteiger partial charge on any atom is -0.477 e. The normalized spacial score (nSPS) is 10.5. The maximum atomic E-state index is 11.3. The summed E-state index contributed by atoms with van der Waals surface area (Å²) in [5, 5.41) is 11.1. The molecular formula is C13H13NO3S. The lowest BCUT2D eigenvalue weighted by molar-refractivity contribution is 0.0685. The van der Waals surface area contributed by atoms with Crippen LogP contribution >= 0.6 is 11.3 Å². The van der Waals surface area contributed by atoms with Crippen molar-refractivity contribution in [2.75, 3.05) is 0 Å². The second kappa shape index (κ2) is 5.18. The molecule has 0 aliphatic heterocycles. The highest BCUT2D eigenvalue weighted by molar-refractivity contribution is 7.09. The summed E-state index contributed by atoms with van der Waals surface area (Å²) in [6.07, 6.45) is 2.38. The largest absolute Gasteiger partial charge is 0.477 e. The number of Topliss-reactive ketones (excluding diaryl/α,β-unsaturated/α-hetero) is 1. The maximum absolute atomic E-state index is 11.3. The summed E-state index contributed by atoms with van der Waals surface area (Å²) in [5.74, 6) is -1.12. The highest BCUT2D eigenvalue weighted by atomic mass is 32.1. The van der Waals surface area contributed by atoms with Gasteiger partial charge in [0.1, 0.15) is 5.69 Å². The summed E-state index contributed by atoms with van der Waals surface area (Å²) in [6, 6.07) is 5.41. The molecule has 0 fully saturated rings. The molecule has 2 aromatic heterocycles. The molecule has 0 unspecified atom stereocenters. The molecule has 94 valence electrons. The monoisotopic (exact) mass is 263 g/mol. The molecule has 18 heavy (non-hydrogen) atoms. The van der Waals surface area contributed by atoms with Crippen LogP contribution in [0.3, 0.4) is 0 Å². The molecule has 0 aromatic carbocycles. The molecule has 5 heteroatoms. The van der Waals surface area contributed by atoms with E-state index in [2.05, 4.69) is 0 Å². The Morgan fingerprint density at radius 2 is 2.22 bits per heavy atom. The Kier molecular flexibility index (Phi) is 3.62. The summed E-state index contributed by atoms with van der Waals surface area (Å²) in [7, 11) is 0. The Bertz CT molecular complexity index is 569. The van der Waals surface area contributed by atoms with Crippen LogP contribution in [0.25, 0.3) is 0 Å². The molecule has 0 spiro atoms. The van der Waals surface area contributed by atoms with Crippen LogP contribution in [0, 0.1) is 0 Å². The molecule has 4 nitrogen and oxygen atoms in total. The van der Waals surface area contributed by atoms with E-state index in [1.165, 1.54) is 17.9 Å². The SMILES string of the molecule is CC(=O)c1cc(C(=O)O)n(CCc2cccs2)c1. The number of carboxylic acids is 1. The highest BCUT2D eigenvalue weighted by Crippen LogP contribution is 2.14. The van der Waals surface area contributed by atoms with Gasteiger partial charge in [0.2, 0.25) is 0 Å². The molecule has 2 rings (SSSR count). The lowest BCUT2D eigenvalue weighted by atomic mass is 10.2. The van der Waals surface area contributed by atoms with E-state index >= 15 is 0 Å². The average Bonchev–Trinajstić information content (AvgIpc) is 2.95. The van der Waals surface area contributed by atoms with Gasteiger partial charge in [0.25, 0.3) is 0 Å². The van der Waals surface area contributed by atoms with Gasteiger partial charge in [-0.1, -0.05) is 6.07 Å². The Morgan fingerprint density at radius 1 is 1.44 bits per heavy atom. The fourth-order valence-electron chi connectivity index (χ4n) is 1.75. The number of thiophene rings is 1. The summed E-state index contributed by atoms with van der Waals surface area (Å²) in [6.45, 7) is 2.00. The predicted molar refractivity (Wildman–Crippen MR) is 69.4 cm³/mol. The van der Waals surface area contributed by atoms with Crippen molar-refractivity contribution in [1.29, 1.82) is 0 Å². The second-order valence-electron chi connectivity index (χ2n) is 4.00. The van der Waals surface area contributed by atoms with Gasteiger partial charge in [-0.05, 0) is 30.9 Å². The molecule has 0 bridgehead atoms. The first-order valence-electron chi connectivity index (χ1n) is 5.54. The smallest absolute Gasteiger partial charge is 0.352 e. The molecule has 0 aliphatic carbocycles. The van der Waals surface area contributed by atoms with Gasteiger partial charge in [0, 0.05) is 23.2 Å². The van der Waals surface area contributed by atoms with E-state index < -0.39 is 5.97 Å².